The van der Waals surface area contributed by atoms with E-state index in [9.17, 15) is 13.2 Å². The summed E-state index contributed by atoms with van der Waals surface area (Å²) < 4.78 is 28.1. The average Bonchev–Trinajstić information content (AvgIpc) is 2.64. The van der Waals surface area contributed by atoms with Crippen LogP contribution in [0.2, 0.25) is 0 Å². The molecule has 3 aromatic rings. The molecule has 0 aliphatic heterocycles. The van der Waals surface area contributed by atoms with E-state index in [1.165, 1.54) is 0 Å². The Hall–Kier alpha value is -2.64. The van der Waals surface area contributed by atoms with E-state index in [-0.39, 0.29) is 10.8 Å². The Morgan fingerprint density at radius 2 is 1.44 bits per heavy atom. The number of amides is 1. The van der Waals surface area contributed by atoms with E-state index in [1.54, 1.807) is 66.7 Å². The average molecular weight is 445 g/mol. The highest BCUT2D eigenvalue weighted by Crippen LogP contribution is 2.21. The van der Waals surface area contributed by atoms with Crippen LogP contribution in [0, 0.1) is 6.92 Å². The molecule has 0 aliphatic rings. The van der Waals surface area contributed by atoms with Crippen LogP contribution in [0.25, 0.3) is 0 Å². The van der Waals surface area contributed by atoms with Crippen LogP contribution >= 0.6 is 15.9 Å². The van der Waals surface area contributed by atoms with Gasteiger partial charge in [-0.05, 0) is 71.4 Å². The molecule has 3 aromatic carbocycles. The van der Waals surface area contributed by atoms with Crippen LogP contribution in [0.15, 0.2) is 82.2 Å². The molecule has 0 atom stereocenters. The van der Waals surface area contributed by atoms with Gasteiger partial charge in [0.1, 0.15) is 0 Å². The lowest BCUT2D eigenvalue weighted by Gasteiger charge is -2.10. The van der Waals surface area contributed by atoms with E-state index in [0.717, 1.165) is 5.56 Å². The Labute approximate surface area is 166 Å². The Balaban J connectivity index is 1.71. The molecule has 0 radical (unpaired) electrons. The zero-order chi connectivity index (χ0) is 19.4. The summed E-state index contributed by atoms with van der Waals surface area (Å²) >= 11 is 3.34. The number of sulfonamides is 1. The summed E-state index contributed by atoms with van der Waals surface area (Å²) in [5.74, 6) is -0.254. The minimum atomic E-state index is -3.66. The zero-order valence-electron chi connectivity index (χ0n) is 14.4. The lowest BCUT2D eigenvalue weighted by atomic mass is 10.2. The van der Waals surface area contributed by atoms with Gasteiger partial charge in [-0.3, -0.25) is 9.52 Å². The van der Waals surface area contributed by atoms with E-state index in [4.69, 9.17) is 0 Å². The topological polar surface area (TPSA) is 75.3 Å². The second kappa shape index (κ2) is 7.94. The van der Waals surface area contributed by atoms with E-state index in [2.05, 4.69) is 26.0 Å². The third-order valence-corrected chi connectivity index (χ3v) is 5.93. The Morgan fingerprint density at radius 3 is 2.07 bits per heavy atom. The van der Waals surface area contributed by atoms with Crippen LogP contribution in [0.4, 0.5) is 11.4 Å². The highest BCUT2D eigenvalue weighted by molar-refractivity contribution is 9.10. The van der Waals surface area contributed by atoms with Crippen molar-refractivity contribution in [1.29, 1.82) is 0 Å². The van der Waals surface area contributed by atoms with Gasteiger partial charge in [0, 0.05) is 15.8 Å². The van der Waals surface area contributed by atoms with Crippen LogP contribution in [-0.2, 0) is 10.0 Å². The van der Waals surface area contributed by atoms with E-state index < -0.39 is 10.0 Å². The summed E-state index contributed by atoms with van der Waals surface area (Å²) in [4.78, 5) is 12.5. The largest absolute Gasteiger partial charge is 0.322 e. The van der Waals surface area contributed by atoms with Crippen molar-refractivity contribution < 1.29 is 13.2 Å². The SMILES string of the molecule is Cc1ccc(S(=O)(=O)Nc2ccc(NC(=O)c3ccccc3Br)cc2)cc1. The quantitative estimate of drug-likeness (QED) is 0.592. The molecule has 3 rings (SSSR count). The van der Waals surface area contributed by atoms with Crippen molar-refractivity contribution in [2.24, 2.45) is 0 Å². The lowest BCUT2D eigenvalue weighted by Crippen LogP contribution is -2.14. The molecule has 138 valence electrons. The summed E-state index contributed by atoms with van der Waals surface area (Å²) in [6, 6.07) is 20.2. The highest BCUT2D eigenvalue weighted by Gasteiger charge is 2.14. The molecule has 0 fully saturated rings. The molecule has 0 spiro atoms. The molecule has 0 aromatic heterocycles. The maximum absolute atomic E-state index is 12.4. The Kier molecular flexibility index (Phi) is 5.62. The molecule has 27 heavy (non-hydrogen) atoms. The Bertz CT molecular complexity index is 1060. The van der Waals surface area contributed by atoms with Crippen molar-refractivity contribution in [3.63, 3.8) is 0 Å². The second-order valence-electron chi connectivity index (χ2n) is 5.93. The number of aryl methyl sites for hydroxylation is 1. The van der Waals surface area contributed by atoms with Gasteiger partial charge in [0.05, 0.1) is 10.5 Å². The van der Waals surface area contributed by atoms with Gasteiger partial charge in [-0.25, -0.2) is 8.42 Å². The summed E-state index contributed by atoms with van der Waals surface area (Å²) in [5, 5.41) is 2.78. The maximum atomic E-state index is 12.4. The number of nitrogens with one attached hydrogen (secondary N) is 2. The van der Waals surface area contributed by atoms with Crippen molar-refractivity contribution in [3.8, 4) is 0 Å². The summed E-state index contributed by atoms with van der Waals surface area (Å²) in [6.45, 7) is 1.89. The normalized spacial score (nSPS) is 11.0. The number of hydrogen-bond acceptors (Lipinski definition) is 3. The molecular weight excluding hydrogens is 428 g/mol. The van der Waals surface area contributed by atoms with E-state index in [0.29, 0.717) is 21.4 Å². The van der Waals surface area contributed by atoms with Gasteiger partial charge in [-0.15, -0.1) is 0 Å². The molecule has 0 saturated carbocycles. The van der Waals surface area contributed by atoms with Gasteiger partial charge in [0.25, 0.3) is 15.9 Å². The Morgan fingerprint density at radius 1 is 0.852 bits per heavy atom. The molecule has 2 N–H and O–H groups in total. The third-order valence-electron chi connectivity index (χ3n) is 3.84. The van der Waals surface area contributed by atoms with Crippen molar-refractivity contribution >= 4 is 43.2 Å². The molecule has 7 heteroatoms. The first kappa shape index (κ1) is 19.1. The van der Waals surface area contributed by atoms with Gasteiger partial charge in [-0.2, -0.15) is 0 Å². The van der Waals surface area contributed by atoms with E-state index in [1.807, 2.05) is 13.0 Å². The van der Waals surface area contributed by atoms with Crippen LogP contribution in [0.5, 0.6) is 0 Å². The number of anilines is 2. The van der Waals surface area contributed by atoms with Gasteiger partial charge < -0.3 is 5.32 Å². The lowest BCUT2D eigenvalue weighted by molar-refractivity contribution is 0.102. The number of carbonyl (C=O) groups is 1. The first-order chi connectivity index (χ1) is 12.8. The standard InChI is InChI=1S/C20H17BrN2O3S/c1-14-6-12-17(13-7-14)27(25,26)23-16-10-8-15(9-11-16)22-20(24)18-4-2-3-5-19(18)21/h2-13,23H,1H3,(H,22,24). The fourth-order valence-corrected chi connectivity index (χ4v) is 3.92. The molecule has 0 heterocycles. The monoisotopic (exact) mass is 444 g/mol. The molecule has 1 amide bonds. The van der Waals surface area contributed by atoms with Crippen LogP contribution in [0.1, 0.15) is 15.9 Å². The minimum Gasteiger partial charge on any atom is -0.322 e. The first-order valence-corrected chi connectivity index (χ1v) is 10.4. The van der Waals surface area contributed by atoms with Gasteiger partial charge in [0.15, 0.2) is 0 Å². The maximum Gasteiger partial charge on any atom is 0.261 e. The smallest absolute Gasteiger partial charge is 0.261 e. The molecule has 0 bridgehead atoms. The molecule has 0 saturated heterocycles. The van der Waals surface area contributed by atoms with Crippen LogP contribution < -0.4 is 10.0 Å². The van der Waals surface area contributed by atoms with Crippen molar-refractivity contribution in [1.82, 2.24) is 0 Å². The molecule has 0 unspecified atom stereocenters. The van der Waals surface area contributed by atoms with Crippen LogP contribution in [-0.4, -0.2) is 14.3 Å². The predicted octanol–water partition coefficient (Wildman–Crippen LogP) is 4.81. The van der Waals surface area contributed by atoms with Crippen molar-refractivity contribution in [3.05, 3.63) is 88.4 Å². The molecule has 0 aliphatic carbocycles. The van der Waals surface area contributed by atoms with Crippen molar-refractivity contribution in [2.45, 2.75) is 11.8 Å². The van der Waals surface area contributed by atoms with Crippen molar-refractivity contribution in [2.75, 3.05) is 10.0 Å². The van der Waals surface area contributed by atoms with Crippen LogP contribution in [0.3, 0.4) is 0 Å². The number of rotatable bonds is 5. The number of carbonyl (C=O) groups excluding carboxylic acids is 1. The first-order valence-electron chi connectivity index (χ1n) is 8.10. The van der Waals surface area contributed by atoms with Gasteiger partial charge in [-0.1, -0.05) is 29.8 Å². The minimum absolute atomic E-state index is 0.194. The fraction of sp³-hybridized carbons (Fsp3) is 0.0500. The summed E-state index contributed by atoms with van der Waals surface area (Å²) in [5.41, 5.74) is 2.48. The highest BCUT2D eigenvalue weighted by atomic mass is 79.9. The van der Waals surface area contributed by atoms with Gasteiger partial charge >= 0.3 is 0 Å². The number of halogens is 1. The fourth-order valence-electron chi connectivity index (χ4n) is 2.40. The number of benzene rings is 3. The predicted molar refractivity (Wildman–Crippen MR) is 111 cm³/mol. The second-order valence-corrected chi connectivity index (χ2v) is 8.47. The zero-order valence-corrected chi connectivity index (χ0v) is 16.8. The molecule has 5 nitrogen and oxygen atoms in total. The summed E-state index contributed by atoms with van der Waals surface area (Å²) in [6.07, 6.45) is 0. The molecular formula is C20H17BrN2O3S. The van der Waals surface area contributed by atoms with Gasteiger partial charge in [0.2, 0.25) is 0 Å². The summed E-state index contributed by atoms with van der Waals surface area (Å²) in [7, 11) is -3.66. The number of hydrogen-bond donors (Lipinski definition) is 2. The van der Waals surface area contributed by atoms with E-state index >= 15 is 0 Å². The third kappa shape index (κ3) is 4.75.